The van der Waals surface area contributed by atoms with Gasteiger partial charge in [0.2, 0.25) is 5.91 Å². The molecular weight excluding hydrogens is 369 g/mol. The number of ether oxygens (including phenoxy) is 2. The van der Waals surface area contributed by atoms with Crippen LogP contribution in [0.15, 0.2) is 36.4 Å². The maximum absolute atomic E-state index is 13.9. The largest absolute Gasteiger partial charge is 0.467 e. The smallest absolute Gasteiger partial charge is 0.230 e. The summed E-state index contributed by atoms with van der Waals surface area (Å²) in [5.74, 6) is 0.429. The van der Waals surface area contributed by atoms with E-state index in [1.807, 2.05) is 0 Å². The molecule has 1 heterocycles. The Morgan fingerprint density at radius 3 is 2.55 bits per heavy atom. The summed E-state index contributed by atoms with van der Waals surface area (Å²) in [6.45, 7) is 7.51. The Labute approximate surface area is 171 Å². The highest BCUT2D eigenvalue weighted by Crippen LogP contribution is 2.48. The molecule has 1 amide bonds. The fourth-order valence-electron chi connectivity index (χ4n) is 3.98. The van der Waals surface area contributed by atoms with Gasteiger partial charge in [-0.05, 0) is 53.5 Å². The second-order valence-electron chi connectivity index (χ2n) is 9.08. The molecule has 0 bridgehead atoms. The van der Waals surface area contributed by atoms with Crippen molar-refractivity contribution in [1.82, 2.24) is 5.32 Å². The number of hydrogen-bond acceptors (Lipinski definition) is 3. The standard InChI is InChI=1S/C24H28FNO3/c1-23(2,3)18-4-6-19(7-5-18)24(9-10-24)22(27)26-11-8-16-12-20(25)13-17-14-28-15-29-21(16)17/h4-7,12-13H,8-11,14-15H2,1-3H3,(H,26,27). The summed E-state index contributed by atoms with van der Waals surface area (Å²) in [5, 5.41) is 3.06. The van der Waals surface area contributed by atoms with Crippen LogP contribution in [0.4, 0.5) is 4.39 Å². The molecule has 0 unspecified atom stereocenters. The maximum atomic E-state index is 13.9. The maximum Gasteiger partial charge on any atom is 0.230 e. The Morgan fingerprint density at radius 2 is 1.90 bits per heavy atom. The minimum Gasteiger partial charge on any atom is -0.467 e. The van der Waals surface area contributed by atoms with Gasteiger partial charge in [0, 0.05) is 12.1 Å². The quantitative estimate of drug-likeness (QED) is 0.815. The second-order valence-corrected chi connectivity index (χ2v) is 9.08. The Kier molecular flexibility index (Phi) is 5.11. The van der Waals surface area contributed by atoms with Crippen molar-refractivity contribution in [2.75, 3.05) is 13.3 Å². The van der Waals surface area contributed by atoms with Gasteiger partial charge < -0.3 is 14.8 Å². The van der Waals surface area contributed by atoms with Crippen molar-refractivity contribution in [3.8, 4) is 5.75 Å². The van der Waals surface area contributed by atoms with Crippen LogP contribution in [-0.2, 0) is 33.4 Å². The SMILES string of the molecule is CC(C)(C)c1ccc(C2(C(=O)NCCc3cc(F)cc4c3OCOC4)CC2)cc1. The number of nitrogens with one attached hydrogen (secondary N) is 1. The average Bonchev–Trinajstić information content (AvgIpc) is 3.49. The molecule has 1 aliphatic heterocycles. The zero-order valence-electron chi connectivity index (χ0n) is 17.3. The second kappa shape index (κ2) is 7.45. The third kappa shape index (κ3) is 4.01. The van der Waals surface area contributed by atoms with Crippen molar-refractivity contribution < 1.29 is 18.7 Å². The number of rotatable bonds is 5. The molecule has 4 rings (SSSR count). The van der Waals surface area contributed by atoms with Crippen molar-refractivity contribution >= 4 is 5.91 Å². The van der Waals surface area contributed by atoms with Gasteiger partial charge >= 0.3 is 0 Å². The molecular formula is C24H28FNO3. The molecule has 5 heteroatoms. The highest BCUT2D eigenvalue weighted by atomic mass is 19.1. The number of hydrogen-bond donors (Lipinski definition) is 1. The predicted molar refractivity (Wildman–Crippen MR) is 109 cm³/mol. The number of amides is 1. The Bertz CT molecular complexity index is 911. The molecule has 1 N–H and O–H groups in total. The summed E-state index contributed by atoms with van der Waals surface area (Å²) >= 11 is 0. The molecule has 2 aliphatic rings. The van der Waals surface area contributed by atoms with Crippen molar-refractivity contribution in [3.05, 3.63) is 64.5 Å². The number of carbonyl (C=O) groups excluding carboxylic acids is 1. The van der Waals surface area contributed by atoms with Crippen LogP contribution in [0.3, 0.4) is 0 Å². The van der Waals surface area contributed by atoms with Crippen LogP contribution in [0.5, 0.6) is 5.75 Å². The molecule has 1 fully saturated rings. The number of fused-ring (bicyclic) bond motifs is 1. The van der Waals surface area contributed by atoms with Crippen LogP contribution < -0.4 is 10.1 Å². The van der Waals surface area contributed by atoms with Crippen LogP contribution in [0, 0.1) is 5.82 Å². The third-order valence-corrected chi connectivity index (χ3v) is 5.92. The van der Waals surface area contributed by atoms with Gasteiger partial charge in [0.1, 0.15) is 11.6 Å². The Hall–Kier alpha value is -2.40. The minimum absolute atomic E-state index is 0.0514. The summed E-state index contributed by atoms with van der Waals surface area (Å²) < 4.78 is 24.7. The topological polar surface area (TPSA) is 47.6 Å². The molecule has 154 valence electrons. The lowest BCUT2D eigenvalue weighted by Crippen LogP contribution is -2.36. The highest BCUT2D eigenvalue weighted by molar-refractivity contribution is 5.91. The summed E-state index contributed by atoms with van der Waals surface area (Å²) in [6, 6.07) is 11.3. The van der Waals surface area contributed by atoms with E-state index in [9.17, 15) is 9.18 Å². The summed E-state index contributed by atoms with van der Waals surface area (Å²) in [5.41, 5.74) is 3.50. The van der Waals surface area contributed by atoms with Crippen LogP contribution in [0.25, 0.3) is 0 Å². The molecule has 2 aromatic rings. The molecule has 0 aromatic heterocycles. The van der Waals surface area contributed by atoms with Gasteiger partial charge in [-0.15, -0.1) is 0 Å². The molecule has 2 aromatic carbocycles. The molecule has 29 heavy (non-hydrogen) atoms. The third-order valence-electron chi connectivity index (χ3n) is 5.92. The van der Waals surface area contributed by atoms with E-state index in [2.05, 4.69) is 50.4 Å². The fourth-order valence-corrected chi connectivity index (χ4v) is 3.98. The van der Waals surface area contributed by atoms with Crippen molar-refractivity contribution in [2.45, 2.75) is 57.5 Å². The highest BCUT2D eigenvalue weighted by Gasteiger charge is 2.51. The molecule has 0 spiro atoms. The molecule has 0 saturated heterocycles. The van der Waals surface area contributed by atoms with Gasteiger partial charge in [0.25, 0.3) is 0 Å². The lowest BCUT2D eigenvalue weighted by atomic mass is 9.85. The van der Waals surface area contributed by atoms with E-state index in [1.165, 1.54) is 17.7 Å². The van der Waals surface area contributed by atoms with E-state index in [4.69, 9.17) is 9.47 Å². The van der Waals surface area contributed by atoms with Gasteiger partial charge in [-0.1, -0.05) is 45.0 Å². The first-order valence-electron chi connectivity index (χ1n) is 10.2. The zero-order valence-corrected chi connectivity index (χ0v) is 17.3. The van der Waals surface area contributed by atoms with Gasteiger partial charge in [-0.2, -0.15) is 0 Å². The predicted octanol–water partition coefficient (Wildman–Crippen LogP) is 4.38. The first-order chi connectivity index (χ1) is 13.8. The monoisotopic (exact) mass is 397 g/mol. The summed E-state index contributed by atoms with van der Waals surface area (Å²) in [4.78, 5) is 12.9. The molecule has 1 aliphatic carbocycles. The van der Waals surface area contributed by atoms with E-state index in [0.717, 1.165) is 29.5 Å². The number of benzene rings is 2. The molecule has 0 atom stereocenters. The Morgan fingerprint density at radius 1 is 1.17 bits per heavy atom. The van der Waals surface area contributed by atoms with E-state index in [0.29, 0.717) is 25.3 Å². The first kappa shape index (κ1) is 19.9. The van der Waals surface area contributed by atoms with Crippen LogP contribution in [-0.4, -0.2) is 19.2 Å². The first-order valence-corrected chi connectivity index (χ1v) is 10.2. The van der Waals surface area contributed by atoms with Crippen LogP contribution in [0.1, 0.15) is 55.9 Å². The van der Waals surface area contributed by atoms with Crippen LogP contribution >= 0.6 is 0 Å². The van der Waals surface area contributed by atoms with Gasteiger partial charge in [0.05, 0.1) is 12.0 Å². The lowest BCUT2D eigenvalue weighted by Gasteiger charge is -2.22. The zero-order chi connectivity index (χ0) is 20.6. The molecule has 4 nitrogen and oxygen atoms in total. The van der Waals surface area contributed by atoms with Gasteiger partial charge in [0.15, 0.2) is 6.79 Å². The van der Waals surface area contributed by atoms with Crippen molar-refractivity contribution in [2.24, 2.45) is 0 Å². The van der Waals surface area contributed by atoms with E-state index in [-0.39, 0.29) is 23.9 Å². The van der Waals surface area contributed by atoms with Crippen LogP contribution in [0.2, 0.25) is 0 Å². The fraction of sp³-hybridized carbons (Fsp3) is 0.458. The molecule has 1 saturated carbocycles. The summed E-state index contributed by atoms with van der Waals surface area (Å²) in [6.07, 6.45) is 2.25. The normalized spacial score (nSPS) is 17.2. The van der Waals surface area contributed by atoms with Gasteiger partial charge in [-0.25, -0.2) is 4.39 Å². The average molecular weight is 397 g/mol. The van der Waals surface area contributed by atoms with Gasteiger partial charge in [-0.3, -0.25) is 4.79 Å². The van der Waals surface area contributed by atoms with Crippen molar-refractivity contribution in [1.29, 1.82) is 0 Å². The Balaban J connectivity index is 1.41. The van der Waals surface area contributed by atoms with E-state index < -0.39 is 5.41 Å². The molecule has 0 radical (unpaired) electrons. The van der Waals surface area contributed by atoms with E-state index in [1.54, 1.807) is 0 Å². The van der Waals surface area contributed by atoms with E-state index >= 15 is 0 Å². The minimum atomic E-state index is -0.415. The number of halogens is 1. The summed E-state index contributed by atoms with van der Waals surface area (Å²) in [7, 11) is 0. The van der Waals surface area contributed by atoms with Crippen molar-refractivity contribution in [3.63, 3.8) is 0 Å². The number of carbonyl (C=O) groups is 1. The lowest BCUT2D eigenvalue weighted by molar-refractivity contribution is -0.123.